The summed E-state index contributed by atoms with van der Waals surface area (Å²) in [5.74, 6) is -0.590. The molecular weight excluding hydrogens is 183 g/mol. The van der Waals surface area contributed by atoms with Crippen molar-refractivity contribution in [3.63, 3.8) is 0 Å². The summed E-state index contributed by atoms with van der Waals surface area (Å²) in [6.07, 6.45) is -4.48. The van der Waals surface area contributed by atoms with E-state index >= 15 is 0 Å². The van der Waals surface area contributed by atoms with E-state index in [1.807, 2.05) is 0 Å². The highest BCUT2D eigenvalue weighted by Crippen LogP contribution is 2.35. The van der Waals surface area contributed by atoms with Crippen molar-refractivity contribution in [2.45, 2.75) is 13.1 Å². The van der Waals surface area contributed by atoms with E-state index in [0.717, 1.165) is 6.07 Å². The summed E-state index contributed by atoms with van der Waals surface area (Å²) >= 11 is 0. The number of anilines is 2. The first-order chi connectivity index (χ1) is 5.82. The second kappa shape index (κ2) is 2.79. The number of nitrogens with two attached hydrogens (primary N) is 2. The van der Waals surface area contributed by atoms with E-state index in [1.165, 1.54) is 6.92 Å². The molecule has 4 N–H and O–H groups in total. The van der Waals surface area contributed by atoms with Gasteiger partial charge < -0.3 is 11.5 Å². The molecule has 0 radical (unpaired) electrons. The zero-order valence-electron chi connectivity index (χ0n) is 6.81. The number of rotatable bonds is 0. The Hall–Kier alpha value is -1.46. The van der Waals surface area contributed by atoms with Crippen molar-refractivity contribution >= 4 is 11.6 Å². The lowest BCUT2D eigenvalue weighted by Gasteiger charge is -2.12. The molecular formula is C7H8F3N3. The highest BCUT2D eigenvalue weighted by Gasteiger charge is 2.35. The molecule has 0 amide bonds. The van der Waals surface area contributed by atoms with Crippen LogP contribution in [-0.4, -0.2) is 4.98 Å². The predicted octanol–water partition coefficient (Wildman–Crippen LogP) is 1.57. The molecule has 0 atom stereocenters. The van der Waals surface area contributed by atoms with E-state index < -0.39 is 17.6 Å². The van der Waals surface area contributed by atoms with Crippen LogP contribution in [-0.2, 0) is 6.18 Å². The maximum absolute atomic E-state index is 12.3. The van der Waals surface area contributed by atoms with Crippen molar-refractivity contribution in [2.24, 2.45) is 0 Å². The quantitative estimate of drug-likeness (QED) is 0.654. The summed E-state index contributed by atoms with van der Waals surface area (Å²) < 4.78 is 36.8. The van der Waals surface area contributed by atoms with Gasteiger partial charge in [0, 0.05) is 0 Å². The van der Waals surface area contributed by atoms with Crippen LogP contribution < -0.4 is 11.5 Å². The monoisotopic (exact) mass is 191 g/mol. The van der Waals surface area contributed by atoms with Crippen molar-refractivity contribution in [1.82, 2.24) is 4.98 Å². The molecule has 0 saturated carbocycles. The molecule has 0 aromatic carbocycles. The standard InChI is InChI=1S/C7H8F3N3/c1-3-2-4(11)13-6(12)5(3)7(8,9)10/h2H,1H3,(H4,11,12,13). The van der Waals surface area contributed by atoms with Crippen LogP contribution in [0.5, 0.6) is 0 Å². The third kappa shape index (κ3) is 1.82. The number of nitrogen functional groups attached to an aromatic ring is 2. The number of hydrogen-bond donors (Lipinski definition) is 2. The van der Waals surface area contributed by atoms with Gasteiger partial charge in [0.05, 0.1) is 0 Å². The summed E-state index contributed by atoms with van der Waals surface area (Å²) in [6.45, 7) is 1.29. The number of aromatic nitrogens is 1. The van der Waals surface area contributed by atoms with Gasteiger partial charge in [-0.1, -0.05) is 0 Å². The molecule has 0 fully saturated rings. The van der Waals surface area contributed by atoms with Crippen molar-refractivity contribution in [2.75, 3.05) is 11.5 Å². The molecule has 13 heavy (non-hydrogen) atoms. The summed E-state index contributed by atoms with van der Waals surface area (Å²) in [5, 5.41) is 0. The van der Waals surface area contributed by atoms with E-state index in [1.54, 1.807) is 0 Å². The Morgan fingerprint density at radius 1 is 1.31 bits per heavy atom. The lowest BCUT2D eigenvalue weighted by molar-refractivity contribution is -0.137. The molecule has 0 aliphatic heterocycles. The number of halogens is 3. The number of hydrogen-bond acceptors (Lipinski definition) is 3. The molecule has 0 aliphatic rings. The van der Waals surface area contributed by atoms with Crippen LogP contribution in [0.1, 0.15) is 11.1 Å². The van der Waals surface area contributed by atoms with Crippen LogP contribution in [0.3, 0.4) is 0 Å². The van der Waals surface area contributed by atoms with Crippen molar-refractivity contribution in [1.29, 1.82) is 0 Å². The first-order valence-electron chi connectivity index (χ1n) is 3.42. The van der Waals surface area contributed by atoms with Gasteiger partial charge in [0.15, 0.2) is 0 Å². The smallest absolute Gasteiger partial charge is 0.384 e. The lowest BCUT2D eigenvalue weighted by atomic mass is 10.1. The van der Waals surface area contributed by atoms with Gasteiger partial charge in [0.25, 0.3) is 0 Å². The highest BCUT2D eigenvalue weighted by atomic mass is 19.4. The largest absolute Gasteiger partial charge is 0.420 e. The van der Waals surface area contributed by atoms with E-state index in [9.17, 15) is 13.2 Å². The van der Waals surface area contributed by atoms with Gasteiger partial charge in [-0.05, 0) is 18.6 Å². The maximum atomic E-state index is 12.3. The minimum Gasteiger partial charge on any atom is -0.384 e. The fourth-order valence-corrected chi connectivity index (χ4v) is 1.09. The zero-order chi connectivity index (χ0) is 10.2. The van der Waals surface area contributed by atoms with Crippen LogP contribution in [0.15, 0.2) is 6.07 Å². The first-order valence-corrected chi connectivity index (χ1v) is 3.42. The number of alkyl halides is 3. The number of pyridine rings is 1. The van der Waals surface area contributed by atoms with Crippen LogP contribution in [0.2, 0.25) is 0 Å². The Morgan fingerprint density at radius 2 is 1.85 bits per heavy atom. The average molecular weight is 191 g/mol. The third-order valence-electron chi connectivity index (χ3n) is 1.55. The van der Waals surface area contributed by atoms with Gasteiger partial charge in [-0.25, -0.2) is 4.98 Å². The molecule has 1 aromatic rings. The fourth-order valence-electron chi connectivity index (χ4n) is 1.09. The summed E-state index contributed by atoms with van der Waals surface area (Å²) in [5.41, 5.74) is 9.38. The van der Waals surface area contributed by atoms with E-state index in [4.69, 9.17) is 11.5 Å². The van der Waals surface area contributed by atoms with E-state index in [0.29, 0.717) is 0 Å². The van der Waals surface area contributed by atoms with Crippen molar-refractivity contribution in [3.05, 3.63) is 17.2 Å². The lowest BCUT2D eigenvalue weighted by Crippen LogP contribution is -2.13. The van der Waals surface area contributed by atoms with Gasteiger partial charge >= 0.3 is 6.18 Å². The molecule has 0 unspecified atom stereocenters. The Labute approximate surface area is 72.6 Å². The molecule has 72 valence electrons. The maximum Gasteiger partial charge on any atom is 0.420 e. The average Bonchev–Trinajstić information content (AvgIpc) is 1.78. The minimum absolute atomic E-state index is 0.0111. The van der Waals surface area contributed by atoms with E-state index in [2.05, 4.69) is 4.98 Å². The van der Waals surface area contributed by atoms with Gasteiger partial charge in [-0.2, -0.15) is 13.2 Å². The van der Waals surface area contributed by atoms with E-state index in [-0.39, 0.29) is 11.4 Å². The Balaban J connectivity index is 3.38. The molecule has 1 heterocycles. The SMILES string of the molecule is Cc1cc(N)nc(N)c1C(F)(F)F. The van der Waals surface area contributed by atoms with Gasteiger partial charge in [-0.3, -0.25) is 0 Å². The molecule has 0 spiro atoms. The fraction of sp³-hybridized carbons (Fsp3) is 0.286. The van der Waals surface area contributed by atoms with Crippen LogP contribution in [0.25, 0.3) is 0 Å². The molecule has 1 aromatic heterocycles. The molecule has 6 heteroatoms. The molecule has 0 aliphatic carbocycles. The topological polar surface area (TPSA) is 64.9 Å². The molecule has 0 saturated heterocycles. The van der Waals surface area contributed by atoms with Crippen LogP contribution in [0, 0.1) is 6.92 Å². The second-order valence-electron chi connectivity index (χ2n) is 2.62. The van der Waals surface area contributed by atoms with Gasteiger partial charge in [0.2, 0.25) is 0 Å². The Morgan fingerprint density at radius 3 is 2.23 bits per heavy atom. The zero-order valence-corrected chi connectivity index (χ0v) is 6.81. The second-order valence-corrected chi connectivity index (χ2v) is 2.62. The Kier molecular flexibility index (Phi) is 2.07. The predicted molar refractivity (Wildman–Crippen MR) is 42.8 cm³/mol. The highest BCUT2D eigenvalue weighted by molar-refractivity contribution is 5.52. The Bertz CT molecular complexity index is 309. The van der Waals surface area contributed by atoms with Crippen molar-refractivity contribution < 1.29 is 13.2 Å². The normalized spacial score (nSPS) is 11.7. The summed E-state index contributed by atoms with van der Waals surface area (Å²) in [7, 11) is 0. The molecule has 0 bridgehead atoms. The summed E-state index contributed by atoms with van der Waals surface area (Å²) in [6, 6.07) is 1.14. The third-order valence-corrected chi connectivity index (χ3v) is 1.55. The van der Waals surface area contributed by atoms with Gasteiger partial charge in [-0.15, -0.1) is 0 Å². The summed E-state index contributed by atoms with van der Waals surface area (Å²) in [4.78, 5) is 3.34. The van der Waals surface area contributed by atoms with Crippen molar-refractivity contribution in [3.8, 4) is 0 Å². The first kappa shape index (κ1) is 9.63. The number of aryl methyl sites for hydroxylation is 1. The van der Waals surface area contributed by atoms with Gasteiger partial charge in [0.1, 0.15) is 17.2 Å². The van der Waals surface area contributed by atoms with Crippen LogP contribution >= 0.6 is 0 Å². The number of nitrogens with zero attached hydrogens (tertiary/aromatic N) is 1. The molecule has 3 nitrogen and oxygen atoms in total. The van der Waals surface area contributed by atoms with Crippen LogP contribution in [0.4, 0.5) is 24.8 Å². The minimum atomic E-state index is -4.48. The molecule has 1 rings (SSSR count).